The van der Waals surface area contributed by atoms with Crippen LogP contribution in [0.5, 0.6) is 0 Å². The minimum Gasteiger partial charge on any atom is -0.474 e. The highest BCUT2D eigenvalue weighted by molar-refractivity contribution is 6.00. The molecule has 12 heteroatoms. The van der Waals surface area contributed by atoms with Gasteiger partial charge < -0.3 is 29.2 Å². The molecule has 0 saturated carbocycles. The Balaban J connectivity index is 0.00000141. The number of rotatable bonds is 8. The average molecular weight is 837 g/mol. The molecule has 4 aliphatic heterocycles. The van der Waals surface area contributed by atoms with Crippen LogP contribution in [0.4, 0.5) is 0 Å². The Morgan fingerprint density at radius 3 is 0.661 bits per heavy atom. The molecule has 0 aliphatic carbocycles. The van der Waals surface area contributed by atoms with Gasteiger partial charge in [0.15, 0.2) is 0 Å². The van der Waals surface area contributed by atoms with E-state index in [4.69, 9.17) is 59.1 Å². The summed E-state index contributed by atoms with van der Waals surface area (Å²) in [5.41, 5.74) is 10.1. The zero-order chi connectivity index (χ0) is 44.5. The van der Waals surface area contributed by atoms with Gasteiger partial charge in [-0.2, -0.15) is 0 Å². The summed E-state index contributed by atoms with van der Waals surface area (Å²) in [5, 5.41) is 14.0. The minimum atomic E-state index is -0.301. The van der Waals surface area contributed by atoms with Gasteiger partial charge in [-0.15, -0.1) is 0 Å². The van der Waals surface area contributed by atoms with Crippen molar-refractivity contribution in [2.24, 2.45) is 20.0 Å². The molecule has 0 bridgehead atoms. The second kappa shape index (κ2) is 17.3. The second-order valence-corrected chi connectivity index (χ2v) is 18.1. The van der Waals surface area contributed by atoms with Gasteiger partial charge in [-0.05, 0) is 124 Å². The van der Waals surface area contributed by atoms with Crippen LogP contribution < -0.4 is 0 Å². The number of hydrogen-bond acceptors (Lipinski definition) is 12. The molecule has 0 atom stereocenters. The van der Waals surface area contributed by atoms with Crippen molar-refractivity contribution < 1.29 is 29.2 Å². The van der Waals surface area contributed by atoms with Crippen molar-refractivity contribution in [1.29, 1.82) is 0 Å². The highest BCUT2D eigenvalue weighted by atomic mass is 16.5. The summed E-state index contributed by atoms with van der Waals surface area (Å²) in [6.45, 7) is 18.5. The fourth-order valence-corrected chi connectivity index (χ4v) is 7.26. The maximum absolute atomic E-state index is 7.00. The topological polar surface area (TPSA) is 153 Å². The molecule has 3 aromatic carbocycles. The van der Waals surface area contributed by atoms with Gasteiger partial charge in [-0.25, -0.2) is 29.9 Å². The number of aliphatic hydroxyl groups is 2. The van der Waals surface area contributed by atoms with E-state index in [1.54, 1.807) is 0 Å². The van der Waals surface area contributed by atoms with E-state index in [2.05, 4.69) is 128 Å². The third-order valence-electron chi connectivity index (χ3n) is 10.4. The fraction of sp³-hybridized carbons (Fsp3) is 0.360. The summed E-state index contributed by atoms with van der Waals surface area (Å²) in [6, 6.07) is 34.0. The fourth-order valence-electron chi connectivity index (χ4n) is 7.26. The third-order valence-corrected chi connectivity index (χ3v) is 10.4. The van der Waals surface area contributed by atoms with E-state index in [-0.39, 0.29) is 22.2 Å². The highest BCUT2D eigenvalue weighted by Crippen LogP contribution is 2.33. The molecule has 0 radical (unpaired) electrons. The Morgan fingerprint density at radius 1 is 0.323 bits per heavy atom. The molecular weight excluding hydrogens is 781 g/mol. The molecule has 0 spiro atoms. The van der Waals surface area contributed by atoms with Crippen LogP contribution in [0, 0.1) is 0 Å². The summed E-state index contributed by atoms with van der Waals surface area (Å²) in [7, 11) is 2.00. The van der Waals surface area contributed by atoms with Crippen LogP contribution in [0.1, 0.15) is 78.2 Å². The molecule has 0 amide bonds. The first-order chi connectivity index (χ1) is 29.6. The van der Waals surface area contributed by atoms with E-state index in [0.29, 0.717) is 72.8 Å². The van der Waals surface area contributed by atoms with E-state index in [9.17, 15) is 0 Å². The van der Waals surface area contributed by atoms with Crippen LogP contribution in [-0.4, -0.2) is 107 Å². The largest absolute Gasteiger partial charge is 0.474 e. The first kappa shape index (κ1) is 43.8. The molecule has 9 rings (SSSR count). The number of benzene rings is 3. The summed E-state index contributed by atoms with van der Waals surface area (Å²) in [5.74, 6) is 2.17. The number of ether oxygens (including phenoxy) is 4. The molecule has 2 aromatic heterocycles. The lowest BCUT2D eigenvalue weighted by molar-refractivity contribution is 0.278. The van der Waals surface area contributed by atoms with Crippen molar-refractivity contribution >= 4 is 23.6 Å². The molecule has 62 heavy (non-hydrogen) atoms. The number of aliphatic imine (C=N–C) groups is 4. The van der Waals surface area contributed by atoms with Crippen molar-refractivity contribution in [3.8, 4) is 44.5 Å². The molecule has 0 fully saturated rings. The molecule has 4 aliphatic rings. The Bertz CT molecular complexity index is 2270. The zero-order valence-electron chi connectivity index (χ0n) is 37.3. The van der Waals surface area contributed by atoms with E-state index in [1.165, 1.54) is 0 Å². The van der Waals surface area contributed by atoms with Gasteiger partial charge in [0.2, 0.25) is 23.6 Å². The van der Waals surface area contributed by atoms with Gasteiger partial charge in [-0.3, -0.25) is 0 Å². The molecule has 0 unspecified atom stereocenters. The van der Waals surface area contributed by atoms with Crippen LogP contribution in [0.2, 0.25) is 0 Å². The first-order valence-electron chi connectivity index (χ1n) is 20.7. The van der Waals surface area contributed by atoms with Crippen LogP contribution in [0.15, 0.2) is 117 Å². The lowest BCUT2D eigenvalue weighted by Gasteiger charge is -2.11. The van der Waals surface area contributed by atoms with Crippen LogP contribution >= 0.6 is 0 Å². The summed E-state index contributed by atoms with van der Waals surface area (Å²) >= 11 is 0. The predicted octanol–water partition coefficient (Wildman–Crippen LogP) is 8.58. The van der Waals surface area contributed by atoms with E-state index >= 15 is 0 Å². The molecule has 6 heterocycles. The molecule has 12 nitrogen and oxygen atoms in total. The van der Waals surface area contributed by atoms with E-state index < -0.39 is 0 Å². The van der Waals surface area contributed by atoms with Crippen molar-refractivity contribution in [2.45, 2.75) is 77.5 Å². The van der Waals surface area contributed by atoms with E-state index in [1.807, 2.05) is 24.3 Å². The Hall–Kier alpha value is -6.24. The molecule has 5 aromatic rings. The molecule has 322 valence electrons. The lowest BCUT2D eigenvalue weighted by Crippen LogP contribution is -2.17. The highest BCUT2D eigenvalue weighted by Gasteiger charge is 2.33. The number of hydrogen-bond donors (Lipinski definition) is 2. The van der Waals surface area contributed by atoms with Crippen molar-refractivity contribution in [2.75, 3.05) is 40.6 Å². The maximum atomic E-state index is 7.00. The van der Waals surface area contributed by atoms with Gasteiger partial charge in [0, 0.05) is 14.2 Å². The number of aromatic nitrogens is 2. The smallest absolute Gasteiger partial charge is 0.236 e. The van der Waals surface area contributed by atoms with Crippen molar-refractivity contribution in [3.05, 3.63) is 120 Å². The van der Waals surface area contributed by atoms with Crippen LogP contribution in [0.3, 0.4) is 0 Å². The van der Waals surface area contributed by atoms with E-state index in [0.717, 1.165) is 58.7 Å². The number of pyridine rings is 2. The number of nitrogens with zero attached hydrogens (tertiary/aromatic N) is 6. The van der Waals surface area contributed by atoms with Crippen LogP contribution in [-0.2, 0) is 18.9 Å². The zero-order valence-corrected chi connectivity index (χ0v) is 37.3. The molecule has 2 N–H and O–H groups in total. The van der Waals surface area contributed by atoms with Crippen molar-refractivity contribution in [3.63, 3.8) is 0 Å². The summed E-state index contributed by atoms with van der Waals surface area (Å²) < 4.78 is 24.0. The Kier molecular flexibility index (Phi) is 12.2. The Morgan fingerprint density at radius 2 is 0.500 bits per heavy atom. The monoisotopic (exact) mass is 836 g/mol. The van der Waals surface area contributed by atoms with Gasteiger partial charge in [0.25, 0.3) is 0 Å². The third kappa shape index (κ3) is 9.77. The normalized spacial score (nSPS) is 18.5. The molecule has 0 saturated heterocycles. The Labute approximate surface area is 364 Å². The van der Waals surface area contributed by atoms with Gasteiger partial charge in [0.05, 0.1) is 22.2 Å². The summed E-state index contributed by atoms with van der Waals surface area (Å²) in [4.78, 5) is 29.0. The molecular formula is C50H56N6O6. The number of aliphatic hydroxyl groups excluding tert-OH is 2. The average Bonchev–Trinajstić information content (AvgIpc) is 4.05. The van der Waals surface area contributed by atoms with Gasteiger partial charge >= 0.3 is 0 Å². The minimum absolute atomic E-state index is 0.301. The standard InChI is InChI=1S/C48H48N6O4.2CH4O/c1-45(2)25-55-41(51-45)37-21-35(22-38(49-37)42-52-46(3,4)26-56-42)33-17-13-31(14-18-33)29-9-11-30(12-10-29)32-15-19-34(20-16-32)36-23-39(43-53-47(5,6)27-57-43)50-40(24-36)44-54-48(7,8)28-58-44;2*1-2/h9-24H,25-28H2,1-8H3;2*2H,1H3. The SMILES string of the molecule is CC1(C)COC(c2cc(-c3ccc(-c4ccc(-c5ccc(-c6cc(C7=NC(C)(C)CO7)nc(C7=NC(C)(C)CO7)c6)cc5)cc4)cc3)cc(C3=NC(C)(C)CO3)n2)=N1.CO.CO. The van der Waals surface area contributed by atoms with Crippen LogP contribution in [0.25, 0.3) is 44.5 Å². The lowest BCUT2D eigenvalue weighted by atomic mass is 9.96. The summed E-state index contributed by atoms with van der Waals surface area (Å²) in [6.07, 6.45) is 0. The first-order valence-corrected chi connectivity index (χ1v) is 20.7. The quantitative estimate of drug-likeness (QED) is 0.158. The maximum Gasteiger partial charge on any atom is 0.236 e. The van der Waals surface area contributed by atoms with Gasteiger partial charge in [-0.1, -0.05) is 72.8 Å². The second-order valence-electron chi connectivity index (χ2n) is 18.1. The van der Waals surface area contributed by atoms with Crippen molar-refractivity contribution in [1.82, 2.24) is 9.97 Å². The van der Waals surface area contributed by atoms with Gasteiger partial charge in [0.1, 0.15) is 49.2 Å². The predicted molar refractivity (Wildman–Crippen MR) is 246 cm³/mol.